The SMILES string of the molecule is Cc1cc[c-]c(C(=O)[C-]=CC2=CC=CCC2C(F)(F)F)c1.[U+2]. The predicted octanol–water partition coefficient (Wildman–Crippen LogP) is 4.40. The van der Waals surface area contributed by atoms with Gasteiger partial charge in [-0.3, -0.25) is 0 Å². The number of aryl methyl sites for hydroxylation is 1. The van der Waals surface area contributed by atoms with Gasteiger partial charge in [-0.1, -0.05) is 19.1 Å². The monoisotopic (exact) mass is 528 g/mol. The van der Waals surface area contributed by atoms with Gasteiger partial charge in [-0.15, -0.1) is 23.3 Å². The van der Waals surface area contributed by atoms with E-state index < -0.39 is 17.9 Å². The molecule has 0 amide bonds. The average molecular weight is 528 g/mol. The molecular weight excluding hydrogens is 515 g/mol. The third-order valence-electron chi connectivity index (χ3n) is 3.17. The molecule has 22 heavy (non-hydrogen) atoms. The second-order valence-corrected chi connectivity index (χ2v) is 4.82. The van der Waals surface area contributed by atoms with E-state index in [0.29, 0.717) is 5.56 Å². The van der Waals surface area contributed by atoms with Crippen LogP contribution in [0.2, 0.25) is 0 Å². The molecule has 0 saturated heterocycles. The zero-order valence-corrected chi connectivity index (χ0v) is 16.0. The van der Waals surface area contributed by atoms with E-state index in [1.807, 2.05) is 6.92 Å². The first kappa shape index (κ1) is 19.0. The molecule has 0 N–H and O–H groups in total. The minimum atomic E-state index is -4.33. The number of Topliss-reactive ketones (excluding diaryl/α,β-unsaturated/α-hetero) is 1. The molecule has 0 bridgehead atoms. The van der Waals surface area contributed by atoms with Crippen molar-refractivity contribution in [3.63, 3.8) is 0 Å². The molecule has 0 heterocycles. The molecule has 5 heteroatoms. The van der Waals surface area contributed by atoms with E-state index in [2.05, 4.69) is 12.1 Å². The molecule has 1 aliphatic rings. The second kappa shape index (κ2) is 7.99. The fraction of sp³-hybridized carbons (Fsp3) is 0.235. The quantitative estimate of drug-likeness (QED) is 0.323. The van der Waals surface area contributed by atoms with Gasteiger partial charge in [-0.25, -0.2) is 11.6 Å². The van der Waals surface area contributed by atoms with Gasteiger partial charge in [0.1, 0.15) is 0 Å². The maximum atomic E-state index is 12.9. The second-order valence-electron chi connectivity index (χ2n) is 4.82. The van der Waals surface area contributed by atoms with E-state index in [1.54, 1.807) is 24.3 Å². The molecule has 0 spiro atoms. The van der Waals surface area contributed by atoms with Crippen molar-refractivity contribution in [2.45, 2.75) is 19.5 Å². The number of alkyl halides is 3. The molecule has 1 nitrogen and oxygen atoms in total. The Labute approximate surface area is 151 Å². The van der Waals surface area contributed by atoms with Crippen LogP contribution in [0.25, 0.3) is 0 Å². The van der Waals surface area contributed by atoms with Crippen molar-refractivity contribution >= 4 is 5.78 Å². The summed E-state index contributed by atoms with van der Waals surface area (Å²) in [6.45, 7) is 1.82. The van der Waals surface area contributed by atoms with Crippen molar-refractivity contribution in [3.05, 3.63) is 71.3 Å². The summed E-state index contributed by atoms with van der Waals surface area (Å²) in [6.07, 6.45) is 3.47. The molecule has 2 rings (SSSR count). The zero-order valence-electron chi connectivity index (χ0n) is 11.9. The van der Waals surface area contributed by atoms with Gasteiger partial charge in [-0.05, 0) is 12.2 Å². The molecular formula is C17H13F3OU. The first-order chi connectivity index (χ1) is 9.88. The fourth-order valence-corrected chi connectivity index (χ4v) is 2.06. The fourth-order valence-electron chi connectivity index (χ4n) is 2.06. The first-order valence-corrected chi connectivity index (χ1v) is 6.44. The number of halogens is 3. The smallest absolute Gasteiger partial charge is 0.376 e. The van der Waals surface area contributed by atoms with Crippen LogP contribution in [-0.2, 0) is 0 Å². The molecule has 0 saturated carbocycles. The van der Waals surface area contributed by atoms with Crippen LogP contribution in [0.15, 0.2) is 48.1 Å². The van der Waals surface area contributed by atoms with Gasteiger partial charge < -0.3 is 4.79 Å². The topological polar surface area (TPSA) is 17.1 Å². The van der Waals surface area contributed by atoms with Crippen LogP contribution in [0.4, 0.5) is 13.2 Å². The summed E-state index contributed by atoms with van der Waals surface area (Å²) >= 11 is 0. The molecule has 1 unspecified atom stereocenters. The van der Waals surface area contributed by atoms with Crippen LogP contribution in [-0.4, -0.2) is 12.0 Å². The third-order valence-corrected chi connectivity index (χ3v) is 3.17. The summed E-state index contributed by atoms with van der Waals surface area (Å²) in [5.41, 5.74) is 1.22. The van der Waals surface area contributed by atoms with Crippen molar-refractivity contribution in [2.75, 3.05) is 0 Å². The Bertz CT molecular complexity index is 627. The minimum Gasteiger partial charge on any atom is -0.376 e. The Hall–Kier alpha value is -1.05. The largest absolute Gasteiger partial charge is 2.00 e. The molecule has 1 aromatic rings. The van der Waals surface area contributed by atoms with E-state index >= 15 is 0 Å². The predicted molar refractivity (Wildman–Crippen MR) is 73.5 cm³/mol. The summed E-state index contributed by atoms with van der Waals surface area (Å²) < 4.78 is 38.6. The Balaban J connectivity index is 0.00000242. The van der Waals surface area contributed by atoms with Crippen LogP contribution in [0.1, 0.15) is 22.3 Å². The van der Waals surface area contributed by atoms with Crippen LogP contribution >= 0.6 is 0 Å². The summed E-state index contributed by atoms with van der Waals surface area (Å²) in [7, 11) is 0. The van der Waals surface area contributed by atoms with Crippen LogP contribution in [0.3, 0.4) is 0 Å². The molecule has 0 aliphatic heterocycles. The summed E-state index contributed by atoms with van der Waals surface area (Å²) in [5.74, 6) is -2.06. The van der Waals surface area contributed by atoms with Gasteiger partial charge in [-0.2, -0.15) is 37.5 Å². The van der Waals surface area contributed by atoms with Crippen LogP contribution < -0.4 is 0 Å². The maximum Gasteiger partial charge on any atom is 2.00 e. The van der Waals surface area contributed by atoms with Gasteiger partial charge in [0.2, 0.25) is 0 Å². The molecule has 0 radical (unpaired) electrons. The Morgan fingerprint density at radius 1 is 1.45 bits per heavy atom. The molecule has 1 aromatic carbocycles. The van der Waals surface area contributed by atoms with Crippen molar-refractivity contribution < 1.29 is 49.1 Å². The minimum absolute atomic E-state index is 0. The molecule has 1 atom stereocenters. The number of ketones is 1. The van der Waals surface area contributed by atoms with Gasteiger partial charge in [0, 0.05) is 5.92 Å². The van der Waals surface area contributed by atoms with Gasteiger partial charge in [0.15, 0.2) is 0 Å². The van der Waals surface area contributed by atoms with Crippen molar-refractivity contribution in [1.29, 1.82) is 0 Å². The number of carbonyl (C=O) groups excluding carboxylic acids is 1. The van der Waals surface area contributed by atoms with Gasteiger partial charge in [0.25, 0.3) is 0 Å². The van der Waals surface area contributed by atoms with Crippen molar-refractivity contribution in [1.82, 2.24) is 0 Å². The van der Waals surface area contributed by atoms with Gasteiger partial charge >= 0.3 is 37.3 Å². The molecule has 0 aromatic heterocycles. The van der Waals surface area contributed by atoms with E-state index in [1.165, 1.54) is 12.2 Å². The van der Waals surface area contributed by atoms with E-state index in [4.69, 9.17) is 0 Å². The zero-order chi connectivity index (χ0) is 15.5. The van der Waals surface area contributed by atoms with E-state index in [0.717, 1.165) is 11.6 Å². The number of carbonyl (C=O) groups is 1. The van der Waals surface area contributed by atoms with Crippen LogP contribution in [0, 0.1) is 56.1 Å². The summed E-state index contributed by atoms with van der Waals surface area (Å²) in [5, 5.41) is 0. The number of hydrogen-bond acceptors (Lipinski definition) is 1. The van der Waals surface area contributed by atoms with Gasteiger partial charge in [0.05, 0.1) is 0 Å². The summed E-state index contributed by atoms with van der Waals surface area (Å²) in [6, 6.07) is 7.76. The Morgan fingerprint density at radius 2 is 2.18 bits per heavy atom. The Morgan fingerprint density at radius 3 is 2.82 bits per heavy atom. The van der Waals surface area contributed by atoms with Crippen molar-refractivity contribution in [3.8, 4) is 0 Å². The van der Waals surface area contributed by atoms with E-state index in [9.17, 15) is 18.0 Å². The normalized spacial score (nSPS) is 18.0. The Kier molecular flexibility index (Phi) is 6.90. The summed E-state index contributed by atoms with van der Waals surface area (Å²) in [4.78, 5) is 11.9. The first-order valence-electron chi connectivity index (χ1n) is 6.44. The average Bonchev–Trinajstić information content (AvgIpc) is 2.44. The number of rotatable bonds is 3. The standard InChI is InChI=1S/C17H13F3O.U/c1-12-5-4-7-14(11-12)16(21)10-9-13-6-2-3-8-15(13)17(18,19)20;/h2-6,9,11,15H,8H2,1H3;/q-2;+2. The molecule has 0 fully saturated rings. The maximum absolute atomic E-state index is 12.9. The molecule has 112 valence electrons. The number of benzene rings is 1. The number of allylic oxidation sites excluding steroid dienone is 6. The third kappa shape index (κ3) is 5.00. The van der Waals surface area contributed by atoms with Crippen LogP contribution in [0.5, 0.6) is 0 Å². The molecule has 1 aliphatic carbocycles. The van der Waals surface area contributed by atoms with E-state index in [-0.39, 0.29) is 43.1 Å². The van der Waals surface area contributed by atoms with Crippen molar-refractivity contribution in [2.24, 2.45) is 5.92 Å². The number of hydrogen-bond donors (Lipinski definition) is 0.